The van der Waals surface area contributed by atoms with Gasteiger partial charge in [-0.2, -0.15) is 0 Å². The number of ether oxygens (including phenoxy) is 1. The van der Waals surface area contributed by atoms with Crippen LogP contribution in [0.1, 0.15) is 30.4 Å². The van der Waals surface area contributed by atoms with Gasteiger partial charge >= 0.3 is 0 Å². The molecule has 0 aliphatic carbocycles. The lowest BCUT2D eigenvalue weighted by Gasteiger charge is -2.06. The number of benzene rings is 2. The average Bonchev–Trinajstić information content (AvgIpc) is 2.46. The molecule has 0 spiro atoms. The van der Waals surface area contributed by atoms with Crippen LogP contribution >= 0.6 is 0 Å². The monoisotopic (exact) mass is 254 g/mol. The van der Waals surface area contributed by atoms with Crippen molar-refractivity contribution in [3.8, 4) is 5.75 Å². The Morgan fingerprint density at radius 2 is 1.53 bits per heavy atom. The van der Waals surface area contributed by atoms with Gasteiger partial charge in [0.2, 0.25) is 0 Å². The maximum Gasteiger partial charge on any atom is 0.119 e. The van der Waals surface area contributed by atoms with E-state index in [-0.39, 0.29) is 0 Å². The highest BCUT2D eigenvalue weighted by Gasteiger charge is 1.95. The van der Waals surface area contributed by atoms with Crippen molar-refractivity contribution in [1.82, 2.24) is 0 Å². The first-order valence-electron chi connectivity index (χ1n) is 7.08. The molecule has 0 N–H and O–H groups in total. The average molecular weight is 254 g/mol. The van der Waals surface area contributed by atoms with Gasteiger partial charge in [-0.25, -0.2) is 0 Å². The quantitative estimate of drug-likeness (QED) is 0.646. The summed E-state index contributed by atoms with van der Waals surface area (Å²) in [6.45, 7) is 2.95. The standard InChI is InChI=1S/C18H22O/c1-16-11-13-17(14-12-16)8-4-3-7-15-19-18-9-5-2-6-10-18/h2,5-6,9-14H,3-4,7-8,15H2,1H3. The van der Waals surface area contributed by atoms with Gasteiger partial charge in [-0.1, -0.05) is 48.0 Å². The number of aryl methyl sites for hydroxylation is 2. The second-order valence-corrected chi connectivity index (χ2v) is 4.96. The van der Waals surface area contributed by atoms with Gasteiger partial charge in [-0.15, -0.1) is 0 Å². The van der Waals surface area contributed by atoms with Gasteiger partial charge in [-0.05, 0) is 50.3 Å². The highest BCUT2D eigenvalue weighted by atomic mass is 16.5. The van der Waals surface area contributed by atoms with Crippen LogP contribution in [0, 0.1) is 6.92 Å². The van der Waals surface area contributed by atoms with Crippen LogP contribution in [-0.4, -0.2) is 6.61 Å². The van der Waals surface area contributed by atoms with Gasteiger partial charge in [0.25, 0.3) is 0 Å². The second kappa shape index (κ2) is 7.63. The molecule has 1 heteroatoms. The molecule has 0 amide bonds. The Hall–Kier alpha value is -1.76. The summed E-state index contributed by atoms with van der Waals surface area (Å²) in [5.41, 5.74) is 2.77. The topological polar surface area (TPSA) is 9.23 Å². The summed E-state index contributed by atoms with van der Waals surface area (Å²) >= 11 is 0. The molecule has 0 aliphatic rings. The van der Waals surface area contributed by atoms with E-state index < -0.39 is 0 Å². The van der Waals surface area contributed by atoms with Crippen LogP contribution in [0.15, 0.2) is 54.6 Å². The fourth-order valence-corrected chi connectivity index (χ4v) is 2.07. The molecule has 0 saturated carbocycles. The summed E-state index contributed by atoms with van der Waals surface area (Å²) in [6, 6.07) is 18.9. The highest BCUT2D eigenvalue weighted by Crippen LogP contribution is 2.11. The molecule has 2 aromatic carbocycles. The molecule has 0 aromatic heterocycles. The van der Waals surface area contributed by atoms with Crippen LogP contribution in [0.3, 0.4) is 0 Å². The van der Waals surface area contributed by atoms with Gasteiger partial charge < -0.3 is 4.74 Å². The van der Waals surface area contributed by atoms with Crippen molar-refractivity contribution in [2.24, 2.45) is 0 Å². The van der Waals surface area contributed by atoms with Crippen molar-refractivity contribution >= 4 is 0 Å². The van der Waals surface area contributed by atoms with E-state index in [2.05, 4.69) is 31.2 Å². The molecule has 0 radical (unpaired) electrons. The summed E-state index contributed by atoms with van der Waals surface area (Å²) < 4.78 is 5.67. The van der Waals surface area contributed by atoms with E-state index in [0.717, 1.165) is 18.8 Å². The van der Waals surface area contributed by atoms with Crippen molar-refractivity contribution in [3.05, 3.63) is 65.7 Å². The Kier molecular flexibility index (Phi) is 5.49. The van der Waals surface area contributed by atoms with Crippen molar-refractivity contribution in [3.63, 3.8) is 0 Å². The van der Waals surface area contributed by atoms with E-state index in [0.29, 0.717) is 0 Å². The molecule has 19 heavy (non-hydrogen) atoms. The summed E-state index contributed by atoms with van der Waals surface area (Å²) in [5, 5.41) is 0. The zero-order chi connectivity index (χ0) is 13.3. The molecule has 0 aliphatic heterocycles. The number of rotatable bonds is 7. The Morgan fingerprint density at radius 1 is 0.789 bits per heavy atom. The van der Waals surface area contributed by atoms with Crippen molar-refractivity contribution < 1.29 is 4.74 Å². The third-order valence-electron chi connectivity index (χ3n) is 3.24. The normalized spacial score (nSPS) is 10.4. The molecular weight excluding hydrogens is 232 g/mol. The summed E-state index contributed by atoms with van der Waals surface area (Å²) in [5.74, 6) is 0.973. The van der Waals surface area contributed by atoms with E-state index in [1.165, 1.54) is 30.4 Å². The molecule has 0 atom stereocenters. The third kappa shape index (κ3) is 5.17. The first-order valence-corrected chi connectivity index (χ1v) is 7.08. The smallest absolute Gasteiger partial charge is 0.119 e. The first kappa shape index (κ1) is 13.7. The van der Waals surface area contributed by atoms with Crippen molar-refractivity contribution in [1.29, 1.82) is 0 Å². The van der Waals surface area contributed by atoms with Crippen LogP contribution in [-0.2, 0) is 6.42 Å². The van der Waals surface area contributed by atoms with E-state index in [1.807, 2.05) is 30.3 Å². The zero-order valence-electron chi connectivity index (χ0n) is 11.6. The molecule has 0 heterocycles. The zero-order valence-corrected chi connectivity index (χ0v) is 11.6. The maximum atomic E-state index is 5.67. The predicted octanol–water partition coefficient (Wildman–Crippen LogP) is 4.79. The molecule has 0 bridgehead atoms. The van der Waals surface area contributed by atoms with Gasteiger partial charge in [0.15, 0.2) is 0 Å². The fourth-order valence-electron chi connectivity index (χ4n) is 2.07. The Morgan fingerprint density at radius 3 is 2.26 bits per heavy atom. The molecule has 1 nitrogen and oxygen atoms in total. The summed E-state index contributed by atoms with van der Waals surface area (Å²) in [7, 11) is 0. The molecule has 0 saturated heterocycles. The van der Waals surface area contributed by atoms with Crippen molar-refractivity contribution in [2.45, 2.75) is 32.6 Å². The van der Waals surface area contributed by atoms with Crippen LogP contribution < -0.4 is 4.74 Å². The SMILES string of the molecule is Cc1ccc(CCCCCOc2ccccc2)cc1. The van der Waals surface area contributed by atoms with Crippen molar-refractivity contribution in [2.75, 3.05) is 6.61 Å². The third-order valence-corrected chi connectivity index (χ3v) is 3.24. The molecule has 100 valence electrons. The summed E-state index contributed by atoms with van der Waals surface area (Å²) in [4.78, 5) is 0. The van der Waals surface area contributed by atoms with Gasteiger partial charge in [-0.3, -0.25) is 0 Å². The minimum Gasteiger partial charge on any atom is -0.494 e. The van der Waals surface area contributed by atoms with E-state index in [1.54, 1.807) is 0 Å². The molecule has 2 aromatic rings. The van der Waals surface area contributed by atoms with E-state index >= 15 is 0 Å². The number of para-hydroxylation sites is 1. The molecular formula is C18H22O. The van der Waals surface area contributed by atoms with Crippen LogP contribution in [0.4, 0.5) is 0 Å². The van der Waals surface area contributed by atoms with E-state index in [9.17, 15) is 0 Å². The Balaban J connectivity index is 1.56. The van der Waals surface area contributed by atoms with Gasteiger partial charge in [0.05, 0.1) is 6.61 Å². The largest absolute Gasteiger partial charge is 0.494 e. The first-order chi connectivity index (χ1) is 9.34. The van der Waals surface area contributed by atoms with Crippen LogP contribution in [0.25, 0.3) is 0 Å². The second-order valence-electron chi connectivity index (χ2n) is 4.96. The lowest BCUT2D eigenvalue weighted by Crippen LogP contribution is -1.97. The minimum atomic E-state index is 0.817. The van der Waals surface area contributed by atoms with Gasteiger partial charge in [0.1, 0.15) is 5.75 Å². The lowest BCUT2D eigenvalue weighted by molar-refractivity contribution is 0.305. The Bertz CT molecular complexity index is 459. The van der Waals surface area contributed by atoms with Gasteiger partial charge in [0, 0.05) is 0 Å². The molecule has 0 fully saturated rings. The molecule has 0 unspecified atom stereocenters. The van der Waals surface area contributed by atoms with Crippen LogP contribution in [0.2, 0.25) is 0 Å². The lowest BCUT2D eigenvalue weighted by atomic mass is 10.1. The maximum absolute atomic E-state index is 5.67. The molecule has 2 rings (SSSR count). The number of hydrogen-bond donors (Lipinski definition) is 0. The minimum absolute atomic E-state index is 0.817. The highest BCUT2D eigenvalue weighted by molar-refractivity contribution is 5.21. The predicted molar refractivity (Wildman–Crippen MR) is 80.7 cm³/mol. The van der Waals surface area contributed by atoms with Crippen LogP contribution in [0.5, 0.6) is 5.75 Å². The Labute approximate surface area is 116 Å². The summed E-state index contributed by atoms with van der Waals surface area (Å²) in [6.07, 6.45) is 4.76. The number of unbranched alkanes of at least 4 members (excludes halogenated alkanes) is 2. The number of hydrogen-bond acceptors (Lipinski definition) is 1. The van der Waals surface area contributed by atoms with E-state index in [4.69, 9.17) is 4.74 Å². The fraction of sp³-hybridized carbons (Fsp3) is 0.333.